The molecular weight excluding hydrogens is 326 g/mol. The van der Waals surface area contributed by atoms with Crippen LogP contribution in [0, 0.1) is 0 Å². The average Bonchev–Trinajstić information content (AvgIpc) is 2.74. The van der Waals surface area contributed by atoms with E-state index in [2.05, 4.69) is 5.10 Å². The van der Waals surface area contributed by atoms with Crippen molar-refractivity contribution in [1.82, 2.24) is 9.78 Å². The summed E-state index contributed by atoms with van der Waals surface area (Å²) in [5.74, 6) is -2.46. The third-order valence-electron chi connectivity index (χ3n) is 3.11. The molecule has 3 rings (SSSR count). The van der Waals surface area contributed by atoms with Gasteiger partial charge in [-0.25, -0.2) is 9.59 Å². The molecule has 0 fully saturated rings. The van der Waals surface area contributed by atoms with Crippen molar-refractivity contribution < 1.29 is 24.2 Å². The van der Waals surface area contributed by atoms with Crippen LogP contribution >= 0.6 is 11.6 Å². The van der Waals surface area contributed by atoms with Crippen molar-refractivity contribution in [1.29, 1.82) is 0 Å². The maximum absolute atomic E-state index is 11.7. The number of fused-ring (bicyclic) bond motifs is 3. The van der Waals surface area contributed by atoms with Gasteiger partial charge in [0.1, 0.15) is 0 Å². The summed E-state index contributed by atoms with van der Waals surface area (Å²) in [7, 11) is 0. The molecule has 120 valence electrons. The second-order valence-corrected chi connectivity index (χ2v) is 5.43. The summed E-state index contributed by atoms with van der Waals surface area (Å²) in [6.45, 7) is 2.11. The maximum Gasteiger partial charge on any atom is 0.336 e. The Morgan fingerprint density at radius 3 is 2.52 bits per heavy atom. The van der Waals surface area contributed by atoms with Gasteiger partial charge in [-0.3, -0.25) is 4.68 Å². The first-order valence-corrected chi connectivity index (χ1v) is 7.04. The topological polar surface area (TPSA) is 117 Å². The lowest BCUT2D eigenvalue weighted by Gasteiger charge is -2.14. The second kappa shape index (κ2) is 5.56. The molecule has 1 aliphatic heterocycles. The number of esters is 2. The van der Waals surface area contributed by atoms with Crippen molar-refractivity contribution in [2.75, 3.05) is 0 Å². The monoisotopic (exact) mass is 337 g/mol. The molecule has 0 bridgehead atoms. The van der Waals surface area contributed by atoms with Crippen LogP contribution in [0.5, 0.6) is 17.2 Å². The Hall–Kier alpha value is -2.58. The van der Waals surface area contributed by atoms with Crippen LogP contribution < -0.4 is 15.2 Å². The predicted molar refractivity (Wildman–Crippen MR) is 80.5 cm³/mol. The van der Waals surface area contributed by atoms with E-state index in [-0.39, 0.29) is 33.8 Å². The van der Waals surface area contributed by atoms with Gasteiger partial charge in [-0.2, -0.15) is 5.10 Å². The number of hydrogen-bond donors (Lipinski definition) is 2. The van der Waals surface area contributed by atoms with E-state index in [1.165, 1.54) is 10.7 Å². The van der Waals surface area contributed by atoms with Crippen molar-refractivity contribution >= 4 is 34.4 Å². The minimum Gasteiger partial charge on any atom is -0.504 e. The molecule has 0 amide bonds. The molecule has 0 aliphatic carbocycles. The molecule has 1 aromatic carbocycles. The van der Waals surface area contributed by atoms with Crippen LogP contribution in [0.15, 0.2) is 18.2 Å². The number of benzene rings is 1. The first-order chi connectivity index (χ1) is 10.9. The van der Waals surface area contributed by atoms with Crippen molar-refractivity contribution in [3.05, 3.63) is 23.4 Å². The van der Waals surface area contributed by atoms with Crippen LogP contribution in [0.3, 0.4) is 0 Å². The highest BCUT2D eigenvalue weighted by Gasteiger charge is 2.27. The highest BCUT2D eigenvalue weighted by molar-refractivity contribution is 6.35. The minimum absolute atomic E-state index is 0.0327. The molecule has 1 atom stereocenters. The molecule has 1 unspecified atom stereocenters. The summed E-state index contributed by atoms with van der Waals surface area (Å²) in [5.41, 5.74) is 6.16. The molecule has 9 heteroatoms. The maximum atomic E-state index is 11.7. The quantitative estimate of drug-likeness (QED) is 0.623. The van der Waals surface area contributed by atoms with Crippen LogP contribution in [-0.2, 0) is 16.1 Å². The normalized spacial score (nSPS) is 17.0. The summed E-state index contributed by atoms with van der Waals surface area (Å²) in [5, 5.41) is 14.5. The Kier molecular flexibility index (Phi) is 3.70. The van der Waals surface area contributed by atoms with Gasteiger partial charge >= 0.3 is 11.9 Å². The van der Waals surface area contributed by atoms with E-state index in [9.17, 15) is 14.7 Å². The Morgan fingerprint density at radius 1 is 1.30 bits per heavy atom. The molecule has 2 aromatic rings. The molecule has 8 nitrogen and oxygen atoms in total. The molecule has 23 heavy (non-hydrogen) atoms. The van der Waals surface area contributed by atoms with Gasteiger partial charge < -0.3 is 20.3 Å². The van der Waals surface area contributed by atoms with Crippen LogP contribution in [0.1, 0.15) is 6.92 Å². The van der Waals surface area contributed by atoms with E-state index in [1.807, 2.05) is 0 Å². The number of hydrogen-bond acceptors (Lipinski definition) is 7. The summed E-state index contributed by atoms with van der Waals surface area (Å²) >= 11 is 6.12. The van der Waals surface area contributed by atoms with Gasteiger partial charge in [-0.05, 0) is 6.92 Å². The molecule has 0 saturated carbocycles. The molecule has 0 radical (unpaired) electrons. The number of rotatable bonds is 2. The molecule has 1 aliphatic rings. The number of carbonyl (C=O) groups is 2. The zero-order valence-electron chi connectivity index (χ0n) is 11.9. The number of aromatic nitrogens is 2. The summed E-state index contributed by atoms with van der Waals surface area (Å²) in [6.07, 6.45) is 1.82. The fourth-order valence-electron chi connectivity index (χ4n) is 2.24. The van der Waals surface area contributed by atoms with Crippen LogP contribution in [-0.4, -0.2) is 32.9 Å². The van der Waals surface area contributed by atoms with Gasteiger partial charge in [0.05, 0.1) is 17.4 Å². The lowest BCUT2D eigenvalue weighted by Crippen LogP contribution is -2.22. The van der Waals surface area contributed by atoms with Gasteiger partial charge in [-0.1, -0.05) is 11.6 Å². The smallest absolute Gasteiger partial charge is 0.336 e. The molecule has 0 spiro atoms. The van der Waals surface area contributed by atoms with Crippen LogP contribution in [0.4, 0.5) is 0 Å². The highest BCUT2D eigenvalue weighted by Crippen LogP contribution is 2.46. The Labute approximate surface area is 135 Å². The highest BCUT2D eigenvalue weighted by atomic mass is 35.5. The number of phenols is 1. The fourth-order valence-corrected chi connectivity index (χ4v) is 2.51. The number of nitrogens with zero attached hydrogens (tertiary/aromatic N) is 2. The average molecular weight is 338 g/mol. The lowest BCUT2D eigenvalue weighted by atomic mass is 10.2. The van der Waals surface area contributed by atoms with E-state index in [0.717, 1.165) is 12.2 Å². The van der Waals surface area contributed by atoms with E-state index < -0.39 is 11.9 Å². The second-order valence-electron chi connectivity index (χ2n) is 5.07. The van der Waals surface area contributed by atoms with Gasteiger partial charge in [0, 0.05) is 24.3 Å². The number of aromatic hydroxyl groups is 1. The largest absolute Gasteiger partial charge is 0.504 e. The molecule has 1 aromatic heterocycles. The van der Waals surface area contributed by atoms with E-state index in [1.54, 1.807) is 6.92 Å². The lowest BCUT2D eigenvalue weighted by molar-refractivity contribution is -0.133. The first-order valence-electron chi connectivity index (χ1n) is 6.66. The van der Waals surface area contributed by atoms with E-state index in [0.29, 0.717) is 12.1 Å². The van der Waals surface area contributed by atoms with Crippen molar-refractivity contribution in [3.8, 4) is 17.2 Å². The third kappa shape index (κ3) is 2.73. The SMILES string of the molecule is CC(N)Cn1nc(Cl)c2c3c(c(O)cc21)OC(=O)/C=C/C(=O)O3. The van der Waals surface area contributed by atoms with Crippen molar-refractivity contribution in [2.24, 2.45) is 5.73 Å². The van der Waals surface area contributed by atoms with Crippen LogP contribution in [0.2, 0.25) is 5.15 Å². The third-order valence-corrected chi connectivity index (χ3v) is 3.37. The fraction of sp³-hybridized carbons (Fsp3) is 0.214. The number of carbonyl (C=O) groups excluding carboxylic acids is 2. The number of halogens is 1. The standard InChI is InChI=1S/C14H12ClN3O5/c1-6(16)5-18-7-4-8(19)12-13(11(7)14(15)17-18)23-10(21)3-2-9(20)22-12/h2-4,6,19H,5,16H2,1H3/b3-2+. The molecule has 3 N–H and O–H groups in total. The Morgan fingerprint density at radius 2 is 1.91 bits per heavy atom. The first kappa shape index (κ1) is 15.3. The van der Waals surface area contributed by atoms with E-state index in [4.69, 9.17) is 26.8 Å². The summed E-state index contributed by atoms with van der Waals surface area (Å²) in [6, 6.07) is 1.10. The minimum atomic E-state index is -0.823. The van der Waals surface area contributed by atoms with Crippen molar-refractivity contribution in [3.63, 3.8) is 0 Å². The zero-order valence-corrected chi connectivity index (χ0v) is 12.7. The number of nitrogens with two attached hydrogens (primary N) is 1. The van der Waals surface area contributed by atoms with Gasteiger partial charge in [-0.15, -0.1) is 0 Å². The summed E-state index contributed by atoms with van der Waals surface area (Å²) in [4.78, 5) is 23.3. The predicted octanol–water partition coefficient (Wildman–Crippen LogP) is 1.12. The Bertz CT molecular complexity index is 856. The molecular formula is C14H12ClN3O5. The van der Waals surface area contributed by atoms with Gasteiger partial charge in [0.25, 0.3) is 0 Å². The number of ether oxygens (including phenoxy) is 2. The molecule has 2 heterocycles. The van der Waals surface area contributed by atoms with Crippen molar-refractivity contribution in [2.45, 2.75) is 19.5 Å². The van der Waals surface area contributed by atoms with Crippen LogP contribution in [0.25, 0.3) is 10.9 Å². The van der Waals surface area contributed by atoms with Gasteiger partial charge in [0.15, 0.2) is 16.7 Å². The van der Waals surface area contributed by atoms with E-state index >= 15 is 0 Å². The number of phenolic OH excluding ortho intramolecular Hbond substituents is 1. The molecule has 0 saturated heterocycles. The van der Waals surface area contributed by atoms with Gasteiger partial charge in [0.2, 0.25) is 5.75 Å². The summed E-state index contributed by atoms with van der Waals surface area (Å²) < 4.78 is 11.6. The Balaban J connectivity index is 2.29. The zero-order chi connectivity index (χ0) is 16.7.